The van der Waals surface area contributed by atoms with Gasteiger partial charge in [-0.2, -0.15) is 0 Å². The molecule has 0 aliphatic carbocycles. The molecule has 4 atom stereocenters. The predicted molar refractivity (Wildman–Crippen MR) is 140 cm³/mol. The molecule has 8 nitrogen and oxygen atoms in total. The van der Waals surface area contributed by atoms with E-state index in [4.69, 9.17) is 23.8 Å². The maximum atomic E-state index is 13.3. The van der Waals surface area contributed by atoms with E-state index in [1.54, 1.807) is 13.0 Å². The van der Waals surface area contributed by atoms with Gasteiger partial charge in [0, 0.05) is 12.3 Å². The smallest absolute Gasteiger partial charge is 0.350 e. The van der Waals surface area contributed by atoms with Crippen LogP contribution in [-0.2, 0) is 23.8 Å². The van der Waals surface area contributed by atoms with Gasteiger partial charge in [0.15, 0.2) is 12.1 Å². The van der Waals surface area contributed by atoms with Crippen LogP contribution in [0.1, 0.15) is 91.9 Å². The molecular weight excluding hydrogens is 479 g/mol. The third-order valence-corrected chi connectivity index (χ3v) is 6.55. The average molecular weight is 523 g/mol. The Balaban J connectivity index is 1.41. The van der Waals surface area contributed by atoms with Gasteiger partial charge >= 0.3 is 6.09 Å². The summed E-state index contributed by atoms with van der Waals surface area (Å²) in [6, 6.07) is 5.51. The van der Waals surface area contributed by atoms with Gasteiger partial charge in [0.2, 0.25) is 0 Å². The Kier molecular flexibility index (Phi) is 11.8. The van der Waals surface area contributed by atoms with E-state index in [0.29, 0.717) is 12.3 Å². The highest BCUT2D eigenvalue weighted by Gasteiger charge is 2.56. The number of benzene rings is 1. The molecule has 0 spiro atoms. The molecule has 3 rings (SSSR count). The minimum atomic E-state index is -0.836. The van der Waals surface area contributed by atoms with Crippen LogP contribution in [0.25, 0.3) is 0 Å². The second-order valence-corrected chi connectivity index (χ2v) is 10.3. The van der Waals surface area contributed by atoms with Gasteiger partial charge in [-0.25, -0.2) is 9.18 Å². The van der Waals surface area contributed by atoms with Crippen molar-refractivity contribution in [3.05, 3.63) is 30.1 Å². The van der Waals surface area contributed by atoms with Crippen molar-refractivity contribution in [2.75, 3.05) is 11.9 Å². The van der Waals surface area contributed by atoms with Crippen molar-refractivity contribution in [3.8, 4) is 0 Å². The Morgan fingerprint density at radius 3 is 2.35 bits per heavy atom. The lowest BCUT2D eigenvalue weighted by atomic mass is 10.1. The first-order valence-electron chi connectivity index (χ1n) is 13.7. The maximum absolute atomic E-state index is 13.3. The molecule has 2 aliphatic rings. The number of hydrogen-bond donors (Lipinski definition) is 1. The first-order valence-corrected chi connectivity index (χ1v) is 13.7. The van der Waals surface area contributed by atoms with E-state index in [1.165, 1.54) is 69.6 Å². The van der Waals surface area contributed by atoms with E-state index < -0.39 is 42.3 Å². The van der Waals surface area contributed by atoms with Gasteiger partial charge in [-0.1, -0.05) is 75.9 Å². The highest BCUT2D eigenvalue weighted by molar-refractivity contribution is 5.89. The van der Waals surface area contributed by atoms with Gasteiger partial charge < -0.3 is 18.9 Å². The van der Waals surface area contributed by atoms with Crippen molar-refractivity contribution < 1.29 is 33.0 Å². The number of anilines is 1. The van der Waals surface area contributed by atoms with Crippen LogP contribution < -0.4 is 5.32 Å². The number of nitrogens with one attached hydrogen (secondary N) is 1. The minimum Gasteiger partial charge on any atom is -0.350 e. The van der Waals surface area contributed by atoms with Crippen molar-refractivity contribution >= 4 is 17.5 Å². The summed E-state index contributed by atoms with van der Waals surface area (Å²) in [5.41, 5.74) is 0.681. The van der Waals surface area contributed by atoms with Crippen molar-refractivity contribution in [2.45, 2.75) is 122 Å². The lowest BCUT2D eigenvalue weighted by Crippen LogP contribution is -2.34. The Hall–Kier alpha value is -2.07. The Bertz CT molecular complexity index is 880. The average Bonchev–Trinajstić information content (AvgIpc) is 3.34. The molecule has 0 saturated carbocycles. The van der Waals surface area contributed by atoms with Crippen molar-refractivity contribution in [1.29, 1.82) is 0 Å². The summed E-state index contributed by atoms with van der Waals surface area (Å²) < 4.78 is 37.5. The Morgan fingerprint density at radius 1 is 1.03 bits per heavy atom. The molecule has 0 aromatic heterocycles. The van der Waals surface area contributed by atoms with Crippen LogP contribution in [0.2, 0.25) is 0 Å². The van der Waals surface area contributed by atoms with Crippen molar-refractivity contribution in [1.82, 2.24) is 0 Å². The fourth-order valence-electron chi connectivity index (χ4n) is 4.69. The topological polar surface area (TPSA) is 87.6 Å². The van der Waals surface area contributed by atoms with E-state index in [2.05, 4.69) is 17.4 Å². The van der Waals surface area contributed by atoms with Gasteiger partial charge in [0.05, 0.1) is 5.71 Å². The van der Waals surface area contributed by atoms with Crippen molar-refractivity contribution in [3.63, 3.8) is 0 Å². The number of fused-ring (bicyclic) bond motifs is 1. The summed E-state index contributed by atoms with van der Waals surface area (Å²) in [6.07, 6.45) is 9.68. The number of carbonyl (C=O) groups is 1. The van der Waals surface area contributed by atoms with Gasteiger partial charge in [0.25, 0.3) is 0 Å². The largest absolute Gasteiger partial charge is 0.437 e. The minimum absolute atomic E-state index is 0.268. The van der Waals surface area contributed by atoms with Gasteiger partial charge in [-0.3, -0.25) is 10.2 Å². The molecule has 2 aliphatic heterocycles. The van der Waals surface area contributed by atoms with Crippen LogP contribution in [0, 0.1) is 5.82 Å². The summed E-state index contributed by atoms with van der Waals surface area (Å²) >= 11 is 0. The maximum Gasteiger partial charge on any atom is 0.437 e. The first kappa shape index (κ1) is 29.5. The molecule has 208 valence electrons. The zero-order chi connectivity index (χ0) is 26.7. The number of halogens is 1. The number of nitrogens with zero attached hydrogens (tertiary/aromatic N) is 1. The molecule has 0 bridgehead atoms. The van der Waals surface area contributed by atoms with E-state index in [0.717, 1.165) is 12.8 Å². The van der Waals surface area contributed by atoms with Crippen molar-refractivity contribution in [2.24, 2.45) is 5.16 Å². The molecule has 1 amide bonds. The van der Waals surface area contributed by atoms with E-state index in [9.17, 15) is 9.18 Å². The molecule has 37 heavy (non-hydrogen) atoms. The highest BCUT2D eigenvalue weighted by atomic mass is 19.1. The third-order valence-electron chi connectivity index (χ3n) is 6.55. The fourth-order valence-corrected chi connectivity index (χ4v) is 4.69. The number of oxime groups is 1. The molecule has 2 heterocycles. The third kappa shape index (κ3) is 9.63. The number of amides is 1. The lowest BCUT2D eigenvalue weighted by Gasteiger charge is -2.24. The normalized spacial score (nSPS) is 24.7. The van der Waals surface area contributed by atoms with Crippen LogP contribution >= 0.6 is 0 Å². The van der Waals surface area contributed by atoms with Crippen LogP contribution in [-0.4, -0.2) is 48.8 Å². The summed E-state index contributed by atoms with van der Waals surface area (Å²) in [7, 11) is 0. The molecule has 2 saturated heterocycles. The number of unbranched alkanes of at least 4 members (excludes halogenated alkanes) is 9. The van der Waals surface area contributed by atoms with E-state index in [1.807, 2.05) is 13.8 Å². The number of carbonyl (C=O) groups excluding carboxylic acids is 1. The van der Waals surface area contributed by atoms with Crippen LogP contribution in [0.4, 0.5) is 14.9 Å². The highest BCUT2D eigenvalue weighted by Crippen LogP contribution is 2.39. The predicted octanol–water partition coefficient (Wildman–Crippen LogP) is 6.93. The van der Waals surface area contributed by atoms with Crippen LogP contribution in [0.5, 0.6) is 0 Å². The molecule has 0 unspecified atom stereocenters. The van der Waals surface area contributed by atoms with Gasteiger partial charge in [0.1, 0.15) is 24.1 Å². The second-order valence-electron chi connectivity index (χ2n) is 10.3. The standard InChI is InChI=1S/C28H43FN2O6/c1-5-6-7-8-9-10-11-12-13-14-18-33-26-25-24(35-28(3,4)36-25)23(34-26)20(2)31-37-27(32)30-22-17-15-16-21(29)19-22/h15-17,19,23-26H,5-14,18H2,1-4H3,(H,30,32)/b31-20+/t23-,24+,25+,26+/m1/s1. The zero-order valence-corrected chi connectivity index (χ0v) is 22.7. The zero-order valence-electron chi connectivity index (χ0n) is 22.7. The molecule has 1 aromatic carbocycles. The summed E-state index contributed by atoms with van der Waals surface area (Å²) in [6.45, 7) is 8.20. The van der Waals surface area contributed by atoms with Crippen LogP contribution in [0.3, 0.4) is 0 Å². The lowest BCUT2D eigenvalue weighted by molar-refractivity contribution is -0.226. The fraction of sp³-hybridized carbons (Fsp3) is 0.714. The van der Waals surface area contributed by atoms with Gasteiger partial charge in [-0.05, 0) is 45.4 Å². The molecule has 1 N–H and O–H groups in total. The van der Waals surface area contributed by atoms with Crippen LogP contribution in [0.15, 0.2) is 29.4 Å². The number of hydrogen-bond acceptors (Lipinski definition) is 7. The molecule has 0 radical (unpaired) electrons. The molecule has 1 aromatic rings. The number of rotatable bonds is 15. The number of ether oxygens (including phenoxy) is 4. The molecular formula is C28H43FN2O6. The SMILES string of the molecule is CCCCCCCCCCCCO[C@H]1O[C@H](/C(C)=N/OC(=O)Nc2cccc(F)c2)[C@@H]2OC(C)(C)O[C@H]12. The Labute approximate surface area is 220 Å². The van der Waals surface area contributed by atoms with Gasteiger partial charge in [-0.15, -0.1) is 0 Å². The van der Waals surface area contributed by atoms with E-state index >= 15 is 0 Å². The molecule has 2 fully saturated rings. The summed E-state index contributed by atoms with van der Waals surface area (Å²) in [5, 5.41) is 6.35. The summed E-state index contributed by atoms with van der Waals surface area (Å²) in [5.74, 6) is -1.25. The second kappa shape index (κ2) is 14.8. The monoisotopic (exact) mass is 522 g/mol. The summed E-state index contributed by atoms with van der Waals surface area (Å²) in [4.78, 5) is 17.0. The molecule has 9 heteroatoms. The first-order chi connectivity index (χ1) is 17.8. The Morgan fingerprint density at radius 2 is 1.68 bits per heavy atom. The van der Waals surface area contributed by atoms with E-state index in [-0.39, 0.29) is 5.69 Å². The quantitative estimate of drug-likeness (QED) is 0.116.